The Morgan fingerprint density at radius 1 is 1.50 bits per heavy atom. The monoisotopic (exact) mass is 259 g/mol. The molecule has 0 amide bonds. The van der Waals surface area contributed by atoms with Gasteiger partial charge in [0.2, 0.25) is 0 Å². The quantitative estimate of drug-likeness (QED) is 0.779. The largest absolute Gasteiger partial charge is 0.460 e. The molecule has 0 aliphatic heterocycles. The zero-order valence-corrected chi connectivity index (χ0v) is 11.9. The summed E-state index contributed by atoms with van der Waals surface area (Å²) >= 11 is 3.07. The first-order valence-corrected chi connectivity index (χ1v) is 7.06. The fourth-order valence-electron chi connectivity index (χ4n) is 1.08. The van der Waals surface area contributed by atoms with Crippen molar-refractivity contribution in [3.63, 3.8) is 0 Å². The van der Waals surface area contributed by atoms with Crippen molar-refractivity contribution in [3.05, 3.63) is 15.6 Å². The molecule has 16 heavy (non-hydrogen) atoms. The number of carbonyl (C=O) groups is 1. The van der Waals surface area contributed by atoms with Crippen LogP contribution >= 0.6 is 23.1 Å². The number of rotatable bonds is 4. The van der Waals surface area contributed by atoms with Gasteiger partial charge in [-0.15, -0.1) is 11.3 Å². The second-order valence-corrected chi connectivity index (χ2v) is 6.90. The Hall–Kier alpha value is -0.550. The molecule has 0 saturated carbocycles. The Morgan fingerprint density at radius 3 is 2.56 bits per heavy atom. The number of hydrogen-bond acceptors (Lipinski definition) is 5. The third-order valence-corrected chi connectivity index (χ3v) is 4.47. The molecule has 0 aromatic carbocycles. The van der Waals surface area contributed by atoms with Gasteiger partial charge in [-0.3, -0.25) is 0 Å². The van der Waals surface area contributed by atoms with Gasteiger partial charge in [0.25, 0.3) is 0 Å². The van der Waals surface area contributed by atoms with Gasteiger partial charge in [0.1, 0.15) is 11.5 Å². The van der Waals surface area contributed by atoms with Crippen LogP contribution in [0.4, 0.5) is 0 Å². The molecule has 0 fully saturated rings. The van der Waals surface area contributed by atoms with Crippen molar-refractivity contribution in [2.75, 3.05) is 12.9 Å². The minimum Gasteiger partial charge on any atom is -0.460 e. The van der Waals surface area contributed by atoms with Crippen LogP contribution in [0.5, 0.6) is 0 Å². The van der Waals surface area contributed by atoms with Crippen LogP contribution in [0.15, 0.2) is 0 Å². The zero-order valence-electron chi connectivity index (χ0n) is 10.3. The highest BCUT2D eigenvalue weighted by atomic mass is 32.2. The number of nitrogens with zero attached hydrogens (tertiary/aromatic N) is 1. The standard InChI is InChI=1S/C11H17NO2S2/c1-7-9(16-8(2)12-7)10(13)14-6-11(3,4)15-5/h6H2,1-5H3. The summed E-state index contributed by atoms with van der Waals surface area (Å²) < 4.78 is 5.25. The van der Waals surface area contributed by atoms with E-state index >= 15 is 0 Å². The molecule has 0 unspecified atom stereocenters. The molecule has 3 nitrogen and oxygen atoms in total. The summed E-state index contributed by atoms with van der Waals surface area (Å²) in [4.78, 5) is 16.6. The van der Waals surface area contributed by atoms with Gasteiger partial charge in [0, 0.05) is 4.75 Å². The summed E-state index contributed by atoms with van der Waals surface area (Å²) in [6, 6.07) is 0. The van der Waals surface area contributed by atoms with Crippen LogP contribution < -0.4 is 0 Å². The normalized spacial score (nSPS) is 11.6. The highest BCUT2D eigenvalue weighted by Gasteiger charge is 2.21. The number of aromatic nitrogens is 1. The van der Waals surface area contributed by atoms with Crippen molar-refractivity contribution in [2.24, 2.45) is 0 Å². The predicted octanol–water partition coefficient (Wildman–Crippen LogP) is 3.06. The fourth-order valence-corrected chi connectivity index (χ4v) is 2.07. The lowest BCUT2D eigenvalue weighted by atomic mass is 10.2. The Morgan fingerprint density at radius 2 is 2.12 bits per heavy atom. The van der Waals surface area contributed by atoms with Gasteiger partial charge in [-0.05, 0) is 34.0 Å². The van der Waals surface area contributed by atoms with Gasteiger partial charge in [-0.25, -0.2) is 9.78 Å². The molecule has 1 rings (SSSR count). The lowest BCUT2D eigenvalue weighted by Gasteiger charge is -2.20. The van der Waals surface area contributed by atoms with Crippen molar-refractivity contribution in [1.82, 2.24) is 4.98 Å². The van der Waals surface area contributed by atoms with Crippen LogP contribution in [-0.2, 0) is 4.74 Å². The number of carbonyl (C=O) groups excluding carboxylic acids is 1. The average molecular weight is 259 g/mol. The third kappa shape index (κ3) is 3.49. The number of ether oxygens (including phenoxy) is 1. The lowest BCUT2D eigenvalue weighted by molar-refractivity contribution is 0.0482. The molecule has 0 spiro atoms. The van der Waals surface area contributed by atoms with Gasteiger partial charge in [0.15, 0.2) is 0 Å². The molecule has 0 atom stereocenters. The Kier molecular flexibility index (Phi) is 4.38. The number of esters is 1. The molecule has 0 radical (unpaired) electrons. The average Bonchev–Trinajstić information content (AvgIpc) is 2.54. The van der Waals surface area contributed by atoms with Crippen molar-refractivity contribution in [2.45, 2.75) is 32.4 Å². The van der Waals surface area contributed by atoms with E-state index in [1.165, 1.54) is 11.3 Å². The first-order chi connectivity index (χ1) is 7.35. The molecule has 0 aliphatic carbocycles. The zero-order chi connectivity index (χ0) is 12.3. The third-order valence-electron chi connectivity index (χ3n) is 2.19. The van der Waals surface area contributed by atoms with Crippen LogP contribution in [0, 0.1) is 13.8 Å². The molecule has 1 aromatic rings. The van der Waals surface area contributed by atoms with Gasteiger partial charge < -0.3 is 4.74 Å². The van der Waals surface area contributed by atoms with E-state index in [9.17, 15) is 4.79 Å². The molecule has 1 heterocycles. The first-order valence-electron chi connectivity index (χ1n) is 5.02. The van der Waals surface area contributed by atoms with E-state index in [4.69, 9.17) is 4.74 Å². The summed E-state index contributed by atoms with van der Waals surface area (Å²) in [5.74, 6) is -0.259. The summed E-state index contributed by atoms with van der Waals surface area (Å²) in [6.45, 7) is 8.24. The summed E-state index contributed by atoms with van der Waals surface area (Å²) in [6.07, 6.45) is 2.01. The molecule has 0 saturated heterocycles. The lowest BCUT2D eigenvalue weighted by Crippen LogP contribution is -2.24. The maximum absolute atomic E-state index is 11.8. The number of thiazole rings is 1. The van der Waals surface area contributed by atoms with E-state index in [-0.39, 0.29) is 10.7 Å². The fraction of sp³-hybridized carbons (Fsp3) is 0.636. The van der Waals surface area contributed by atoms with E-state index in [0.29, 0.717) is 11.5 Å². The maximum atomic E-state index is 11.8. The van der Waals surface area contributed by atoms with Gasteiger partial charge in [-0.1, -0.05) is 0 Å². The van der Waals surface area contributed by atoms with Crippen molar-refractivity contribution < 1.29 is 9.53 Å². The second-order valence-electron chi connectivity index (χ2n) is 4.19. The van der Waals surface area contributed by atoms with Gasteiger partial charge in [0.05, 0.1) is 10.7 Å². The van der Waals surface area contributed by atoms with E-state index in [1.807, 2.05) is 20.1 Å². The summed E-state index contributed by atoms with van der Waals surface area (Å²) in [5.41, 5.74) is 0.759. The van der Waals surface area contributed by atoms with Crippen molar-refractivity contribution in [3.8, 4) is 0 Å². The molecule has 0 N–H and O–H groups in total. The van der Waals surface area contributed by atoms with Crippen LogP contribution in [0.25, 0.3) is 0 Å². The van der Waals surface area contributed by atoms with Crippen LogP contribution in [0.2, 0.25) is 0 Å². The minimum absolute atomic E-state index is 0.0384. The van der Waals surface area contributed by atoms with E-state index in [1.54, 1.807) is 11.8 Å². The SMILES string of the molecule is CSC(C)(C)COC(=O)c1sc(C)nc1C. The summed E-state index contributed by atoms with van der Waals surface area (Å²) in [5, 5.41) is 0.897. The van der Waals surface area contributed by atoms with Crippen molar-refractivity contribution in [1.29, 1.82) is 0 Å². The Labute approximate surface area is 105 Å². The highest BCUT2D eigenvalue weighted by molar-refractivity contribution is 7.99. The molecule has 0 bridgehead atoms. The second kappa shape index (κ2) is 5.19. The van der Waals surface area contributed by atoms with Crippen molar-refractivity contribution >= 4 is 29.1 Å². The topological polar surface area (TPSA) is 39.2 Å². The molecule has 0 aliphatic rings. The maximum Gasteiger partial charge on any atom is 0.350 e. The highest BCUT2D eigenvalue weighted by Crippen LogP contribution is 2.23. The van der Waals surface area contributed by atoms with Gasteiger partial charge >= 0.3 is 5.97 Å². The van der Waals surface area contributed by atoms with Crippen LogP contribution in [0.3, 0.4) is 0 Å². The van der Waals surface area contributed by atoms with E-state index in [2.05, 4.69) is 18.8 Å². The summed E-state index contributed by atoms with van der Waals surface area (Å²) in [7, 11) is 0. The smallest absolute Gasteiger partial charge is 0.350 e. The van der Waals surface area contributed by atoms with Gasteiger partial charge in [-0.2, -0.15) is 11.8 Å². The number of hydrogen-bond donors (Lipinski definition) is 0. The minimum atomic E-state index is -0.259. The molecule has 1 aromatic heterocycles. The van der Waals surface area contributed by atoms with Crippen LogP contribution in [-0.4, -0.2) is 28.6 Å². The Balaban J connectivity index is 2.63. The van der Waals surface area contributed by atoms with E-state index in [0.717, 1.165) is 10.7 Å². The number of thioether (sulfide) groups is 1. The molecular weight excluding hydrogens is 242 g/mol. The predicted molar refractivity (Wildman–Crippen MR) is 69.5 cm³/mol. The first kappa shape index (κ1) is 13.5. The molecule has 90 valence electrons. The molecular formula is C11H17NO2S2. The molecule has 5 heteroatoms. The Bertz CT molecular complexity index is 385. The van der Waals surface area contributed by atoms with Crippen LogP contribution in [0.1, 0.15) is 34.2 Å². The van der Waals surface area contributed by atoms with E-state index < -0.39 is 0 Å². The number of aryl methyl sites for hydroxylation is 2.